The van der Waals surface area contributed by atoms with E-state index < -0.39 is 9.85 Å². The van der Waals surface area contributed by atoms with Crippen molar-refractivity contribution in [2.45, 2.75) is 20.5 Å². The number of nitrogens with zero attached hydrogens (tertiary/aromatic N) is 3. The zero-order valence-electron chi connectivity index (χ0n) is 16.8. The highest BCUT2D eigenvalue weighted by molar-refractivity contribution is 5.72. The third-order valence-corrected chi connectivity index (χ3v) is 4.28. The predicted octanol–water partition coefficient (Wildman–Crippen LogP) is 4.95. The van der Waals surface area contributed by atoms with Crippen LogP contribution in [0, 0.1) is 27.2 Å². The van der Waals surface area contributed by atoms with Crippen molar-refractivity contribution in [3.63, 3.8) is 0 Å². The Hall–Kier alpha value is -4.21. The number of ether oxygens (including phenoxy) is 2. The van der Waals surface area contributed by atoms with Gasteiger partial charge in [0.25, 0.3) is 5.69 Å². The molecule has 0 aliphatic heterocycles. The first-order chi connectivity index (χ1) is 14.9. The van der Waals surface area contributed by atoms with Crippen LogP contribution in [0.1, 0.15) is 29.5 Å². The fourth-order valence-electron chi connectivity index (χ4n) is 2.78. The largest absolute Gasteiger partial charge is 0.490 e. The highest BCUT2D eigenvalue weighted by atomic mass is 16.6. The number of rotatable bonds is 9. The van der Waals surface area contributed by atoms with Gasteiger partial charge in [0, 0.05) is 12.1 Å². The molecule has 0 N–H and O–H groups in total. The van der Waals surface area contributed by atoms with Crippen LogP contribution in [-0.4, -0.2) is 21.6 Å². The molecule has 1 aromatic heterocycles. The van der Waals surface area contributed by atoms with Crippen LogP contribution in [0.3, 0.4) is 0 Å². The van der Waals surface area contributed by atoms with E-state index in [1.165, 1.54) is 25.1 Å². The van der Waals surface area contributed by atoms with Gasteiger partial charge in [0.15, 0.2) is 17.2 Å². The van der Waals surface area contributed by atoms with Gasteiger partial charge in [-0.1, -0.05) is 17.3 Å². The standard InChI is InChI=1S/C21H19N3O7/c1-3-29-20-12-15(7-11-19-21(24(27)28)14(2)22-31-19)6-10-18(20)30-13-16-4-8-17(9-5-16)23(25)26/h4-12H,3,13H2,1-2H3/b11-7-. The number of aryl methyl sites for hydroxylation is 1. The molecule has 0 aliphatic rings. The number of non-ortho nitro benzene ring substituents is 1. The average molecular weight is 425 g/mol. The van der Waals surface area contributed by atoms with Crippen molar-refractivity contribution in [2.24, 2.45) is 0 Å². The Kier molecular flexibility index (Phi) is 6.61. The summed E-state index contributed by atoms with van der Waals surface area (Å²) in [5.74, 6) is 1.05. The Morgan fingerprint density at radius 3 is 2.39 bits per heavy atom. The van der Waals surface area contributed by atoms with Crippen LogP contribution in [-0.2, 0) is 6.61 Å². The van der Waals surface area contributed by atoms with Crippen molar-refractivity contribution >= 4 is 23.5 Å². The average Bonchev–Trinajstić information content (AvgIpc) is 3.12. The highest BCUT2D eigenvalue weighted by Crippen LogP contribution is 2.31. The number of hydrogen-bond acceptors (Lipinski definition) is 8. The lowest BCUT2D eigenvalue weighted by Gasteiger charge is -2.12. The molecule has 0 saturated carbocycles. The summed E-state index contributed by atoms with van der Waals surface area (Å²) < 4.78 is 16.5. The zero-order chi connectivity index (χ0) is 22.4. The summed E-state index contributed by atoms with van der Waals surface area (Å²) >= 11 is 0. The van der Waals surface area contributed by atoms with Gasteiger partial charge in [0.05, 0.1) is 16.5 Å². The van der Waals surface area contributed by atoms with Gasteiger partial charge in [-0.2, -0.15) is 0 Å². The monoisotopic (exact) mass is 425 g/mol. The lowest BCUT2D eigenvalue weighted by molar-refractivity contribution is -0.386. The Morgan fingerprint density at radius 1 is 1.00 bits per heavy atom. The Labute approximate surface area is 177 Å². The summed E-state index contributed by atoms with van der Waals surface area (Å²) in [6.45, 7) is 3.96. The lowest BCUT2D eigenvalue weighted by Crippen LogP contribution is -2.00. The van der Waals surface area contributed by atoms with E-state index >= 15 is 0 Å². The summed E-state index contributed by atoms with van der Waals surface area (Å²) in [7, 11) is 0. The minimum Gasteiger partial charge on any atom is -0.490 e. The molecule has 10 heteroatoms. The van der Waals surface area contributed by atoms with Crippen molar-refractivity contribution in [2.75, 3.05) is 6.61 Å². The molecule has 0 bridgehead atoms. The molecule has 0 fully saturated rings. The molecule has 1 heterocycles. The zero-order valence-corrected chi connectivity index (χ0v) is 16.8. The Balaban J connectivity index is 1.76. The minimum absolute atomic E-state index is 0.0112. The van der Waals surface area contributed by atoms with Crippen molar-refractivity contribution < 1.29 is 23.8 Å². The molecule has 31 heavy (non-hydrogen) atoms. The van der Waals surface area contributed by atoms with Crippen LogP contribution in [0.15, 0.2) is 47.0 Å². The summed E-state index contributed by atoms with van der Waals surface area (Å²) in [5.41, 5.74) is 1.52. The number of nitro groups is 2. The molecule has 0 amide bonds. The van der Waals surface area contributed by atoms with Gasteiger partial charge in [0.1, 0.15) is 6.61 Å². The van der Waals surface area contributed by atoms with E-state index in [1.54, 1.807) is 36.4 Å². The van der Waals surface area contributed by atoms with Gasteiger partial charge in [-0.15, -0.1) is 0 Å². The maximum atomic E-state index is 11.1. The second-order valence-electron chi connectivity index (χ2n) is 6.42. The maximum Gasteiger partial charge on any atom is 0.338 e. The third-order valence-electron chi connectivity index (χ3n) is 4.28. The number of nitro benzene ring substituents is 1. The van der Waals surface area contributed by atoms with E-state index in [0.717, 1.165) is 11.1 Å². The number of benzene rings is 2. The van der Waals surface area contributed by atoms with Gasteiger partial charge in [-0.3, -0.25) is 20.2 Å². The smallest absolute Gasteiger partial charge is 0.338 e. The van der Waals surface area contributed by atoms with Crippen molar-refractivity contribution in [3.05, 3.63) is 85.3 Å². The second kappa shape index (κ2) is 9.53. The lowest BCUT2D eigenvalue weighted by atomic mass is 10.1. The van der Waals surface area contributed by atoms with Gasteiger partial charge >= 0.3 is 5.69 Å². The molecule has 160 valence electrons. The van der Waals surface area contributed by atoms with Crippen molar-refractivity contribution in [3.8, 4) is 11.5 Å². The normalized spacial score (nSPS) is 10.9. The Morgan fingerprint density at radius 2 is 1.74 bits per heavy atom. The van der Waals surface area contributed by atoms with E-state index in [-0.39, 0.29) is 29.4 Å². The molecule has 0 radical (unpaired) electrons. The molecule has 0 spiro atoms. The maximum absolute atomic E-state index is 11.1. The van der Waals surface area contributed by atoms with Gasteiger partial charge in [0.2, 0.25) is 5.76 Å². The molecule has 0 saturated heterocycles. The fraction of sp³-hybridized carbons (Fsp3) is 0.190. The molecular weight excluding hydrogens is 406 g/mol. The molecule has 3 aromatic rings. The molecule has 10 nitrogen and oxygen atoms in total. The highest BCUT2D eigenvalue weighted by Gasteiger charge is 2.22. The summed E-state index contributed by atoms with van der Waals surface area (Å²) in [5, 5.41) is 25.5. The van der Waals surface area contributed by atoms with Crippen molar-refractivity contribution in [1.82, 2.24) is 5.16 Å². The van der Waals surface area contributed by atoms with E-state index in [0.29, 0.717) is 18.1 Å². The van der Waals surface area contributed by atoms with Gasteiger partial charge < -0.3 is 14.0 Å². The number of hydrogen-bond donors (Lipinski definition) is 0. The minimum atomic E-state index is -0.535. The summed E-state index contributed by atoms with van der Waals surface area (Å²) in [6, 6.07) is 11.3. The predicted molar refractivity (Wildman–Crippen MR) is 112 cm³/mol. The summed E-state index contributed by atoms with van der Waals surface area (Å²) in [4.78, 5) is 20.9. The van der Waals surface area contributed by atoms with Crippen LogP contribution >= 0.6 is 0 Å². The molecule has 0 aliphatic carbocycles. The molecule has 0 atom stereocenters. The first-order valence-corrected chi connectivity index (χ1v) is 9.30. The van der Waals surface area contributed by atoms with Crippen LogP contribution in [0.4, 0.5) is 11.4 Å². The quantitative estimate of drug-likeness (QED) is 0.348. The fourth-order valence-corrected chi connectivity index (χ4v) is 2.78. The van der Waals surface area contributed by atoms with Crippen LogP contribution in [0.2, 0.25) is 0 Å². The topological polar surface area (TPSA) is 131 Å². The molecule has 2 aromatic carbocycles. The van der Waals surface area contributed by atoms with Gasteiger partial charge in [-0.05, 0) is 55.3 Å². The summed E-state index contributed by atoms with van der Waals surface area (Å²) in [6.07, 6.45) is 3.12. The second-order valence-corrected chi connectivity index (χ2v) is 6.42. The molecular formula is C21H19N3O7. The number of aromatic nitrogens is 1. The third kappa shape index (κ3) is 5.24. The van der Waals surface area contributed by atoms with Gasteiger partial charge in [-0.25, -0.2) is 0 Å². The van der Waals surface area contributed by atoms with E-state index in [2.05, 4.69) is 5.16 Å². The van der Waals surface area contributed by atoms with Crippen LogP contribution in [0.25, 0.3) is 12.2 Å². The molecule has 0 unspecified atom stereocenters. The first kappa shape index (κ1) is 21.5. The van der Waals surface area contributed by atoms with Crippen LogP contribution < -0.4 is 9.47 Å². The Bertz CT molecular complexity index is 1120. The van der Waals surface area contributed by atoms with Crippen LogP contribution in [0.5, 0.6) is 11.5 Å². The first-order valence-electron chi connectivity index (χ1n) is 9.30. The SMILES string of the molecule is CCOc1cc(/C=C\c2onc(C)c2[N+](=O)[O-])ccc1OCc1ccc([N+](=O)[O-])cc1. The van der Waals surface area contributed by atoms with E-state index in [4.69, 9.17) is 14.0 Å². The molecule has 3 rings (SSSR count). The van der Waals surface area contributed by atoms with Crippen molar-refractivity contribution in [1.29, 1.82) is 0 Å². The van der Waals surface area contributed by atoms with E-state index in [9.17, 15) is 20.2 Å². The van der Waals surface area contributed by atoms with E-state index in [1.807, 2.05) is 6.92 Å².